The molecule has 1 aliphatic heterocycles. The monoisotopic (exact) mass is 347 g/mol. The SMILES string of the molecule is CCCc1[nH]nc(C(=O)NC2CCCn3nc(CC)nc32)c1[N+](=O)[O-]. The average Bonchev–Trinajstić information content (AvgIpc) is 3.19. The highest BCUT2D eigenvalue weighted by Crippen LogP contribution is 2.26. The number of carbonyl (C=O) groups excluding carboxylic acids is 1. The van der Waals surface area contributed by atoms with Crippen molar-refractivity contribution in [3.05, 3.63) is 33.2 Å². The molecule has 1 aliphatic rings. The highest BCUT2D eigenvalue weighted by Gasteiger charge is 2.32. The topological polar surface area (TPSA) is 132 Å². The molecule has 0 bridgehead atoms. The van der Waals surface area contributed by atoms with Crippen molar-refractivity contribution in [1.82, 2.24) is 30.3 Å². The highest BCUT2D eigenvalue weighted by molar-refractivity contribution is 5.96. The van der Waals surface area contributed by atoms with Crippen molar-refractivity contribution in [2.75, 3.05) is 0 Å². The minimum absolute atomic E-state index is 0.180. The van der Waals surface area contributed by atoms with Gasteiger partial charge in [0.2, 0.25) is 5.69 Å². The van der Waals surface area contributed by atoms with Gasteiger partial charge in [-0.1, -0.05) is 20.3 Å². The minimum atomic E-state index is -0.565. The van der Waals surface area contributed by atoms with Gasteiger partial charge in [0.05, 0.1) is 11.0 Å². The van der Waals surface area contributed by atoms with Crippen molar-refractivity contribution in [2.24, 2.45) is 0 Å². The predicted molar refractivity (Wildman–Crippen MR) is 88.1 cm³/mol. The highest BCUT2D eigenvalue weighted by atomic mass is 16.6. The molecule has 10 nitrogen and oxygen atoms in total. The van der Waals surface area contributed by atoms with E-state index in [2.05, 4.69) is 25.6 Å². The van der Waals surface area contributed by atoms with Crippen molar-refractivity contribution >= 4 is 11.6 Å². The van der Waals surface area contributed by atoms with Gasteiger partial charge in [-0.3, -0.25) is 20.0 Å². The zero-order valence-electron chi connectivity index (χ0n) is 14.3. The maximum absolute atomic E-state index is 12.6. The number of aromatic nitrogens is 5. The molecule has 0 saturated heterocycles. The van der Waals surface area contributed by atoms with Gasteiger partial charge in [0.25, 0.3) is 5.91 Å². The molecule has 0 radical (unpaired) electrons. The predicted octanol–water partition coefficient (Wildman–Crippen LogP) is 1.69. The molecular weight excluding hydrogens is 326 g/mol. The first-order chi connectivity index (χ1) is 12.0. The number of nitrogens with zero attached hydrogens (tertiary/aromatic N) is 5. The lowest BCUT2D eigenvalue weighted by molar-refractivity contribution is -0.385. The summed E-state index contributed by atoms with van der Waals surface area (Å²) in [5.74, 6) is 0.861. The number of hydrogen-bond acceptors (Lipinski definition) is 6. The fourth-order valence-corrected chi connectivity index (χ4v) is 3.06. The van der Waals surface area contributed by atoms with E-state index in [1.807, 2.05) is 13.8 Å². The summed E-state index contributed by atoms with van der Waals surface area (Å²) in [6.07, 6.45) is 3.47. The van der Waals surface area contributed by atoms with E-state index in [9.17, 15) is 14.9 Å². The van der Waals surface area contributed by atoms with Gasteiger partial charge in [-0.15, -0.1) is 0 Å². The molecule has 3 heterocycles. The van der Waals surface area contributed by atoms with Gasteiger partial charge in [0, 0.05) is 13.0 Å². The largest absolute Gasteiger partial charge is 0.340 e. The third-order valence-corrected chi connectivity index (χ3v) is 4.25. The Labute approximate surface area is 144 Å². The summed E-state index contributed by atoms with van der Waals surface area (Å²) in [4.78, 5) is 27.9. The number of H-pyrrole nitrogens is 1. The average molecular weight is 347 g/mol. The van der Waals surface area contributed by atoms with E-state index in [1.165, 1.54) is 0 Å². The zero-order valence-corrected chi connectivity index (χ0v) is 14.3. The molecule has 1 amide bonds. The van der Waals surface area contributed by atoms with Gasteiger partial charge < -0.3 is 5.32 Å². The van der Waals surface area contributed by atoms with E-state index in [-0.39, 0.29) is 17.4 Å². The molecule has 0 aromatic carbocycles. The van der Waals surface area contributed by atoms with Gasteiger partial charge in [-0.05, 0) is 19.3 Å². The number of aryl methyl sites for hydroxylation is 3. The second-order valence-corrected chi connectivity index (χ2v) is 6.04. The number of amides is 1. The van der Waals surface area contributed by atoms with Gasteiger partial charge in [-0.2, -0.15) is 10.2 Å². The molecule has 0 aliphatic carbocycles. The Balaban J connectivity index is 1.84. The third kappa shape index (κ3) is 3.24. The fourth-order valence-electron chi connectivity index (χ4n) is 3.06. The lowest BCUT2D eigenvalue weighted by atomic mass is 10.1. The van der Waals surface area contributed by atoms with Gasteiger partial charge in [-0.25, -0.2) is 9.67 Å². The van der Waals surface area contributed by atoms with Crippen molar-refractivity contribution in [2.45, 2.75) is 58.5 Å². The van der Waals surface area contributed by atoms with Crippen LogP contribution in [0.4, 0.5) is 5.69 Å². The minimum Gasteiger partial charge on any atom is -0.340 e. The van der Waals surface area contributed by atoms with Crippen LogP contribution >= 0.6 is 0 Å². The maximum Gasteiger partial charge on any atom is 0.322 e. The molecular formula is C15H21N7O3. The number of hydrogen-bond donors (Lipinski definition) is 2. The Bertz CT molecular complexity index is 795. The first-order valence-corrected chi connectivity index (χ1v) is 8.51. The van der Waals surface area contributed by atoms with Crippen LogP contribution in [0.15, 0.2) is 0 Å². The molecule has 2 aromatic heterocycles. The summed E-state index contributed by atoms with van der Waals surface area (Å²) in [7, 11) is 0. The Morgan fingerprint density at radius 3 is 2.96 bits per heavy atom. The van der Waals surface area contributed by atoms with E-state index in [1.54, 1.807) is 4.68 Å². The number of fused-ring (bicyclic) bond motifs is 1. The molecule has 3 rings (SSSR count). The second-order valence-electron chi connectivity index (χ2n) is 6.04. The lowest BCUT2D eigenvalue weighted by Crippen LogP contribution is -2.33. The van der Waals surface area contributed by atoms with Crippen LogP contribution in [-0.4, -0.2) is 35.8 Å². The quantitative estimate of drug-likeness (QED) is 0.603. The summed E-state index contributed by atoms with van der Waals surface area (Å²) in [6, 6.07) is -0.319. The molecule has 134 valence electrons. The molecule has 0 spiro atoms. The summed E-state index contributed by atoms with van der Waals surface area (Å²) in [5.41, 5.74) is -0.0515. The fraction of sp³-hybridized carbons (Fsp3) is 0.600. The normalized spacial score (nSPS) is 16.5. The first kappa shape index (κ1) is 17.1. The third-order valence-electron chi connectivity index (χ3n) is 4.25. The van der Waals surface area contributed by atoms with Crippen LogP contribution < -0.4 is 5.32 Å². The van der Waals surface area contributed by atoms with Crippen LogP contribution in [0.5, 0.6) is 0 Å². The molecule has 10 heteroatoms. The van der Waals surface area contributed by atoms with E-state index >= 15 is 0 Å². The van der Waals surface area contributed by atoms with E-state index < -0.39 is 10.8 Å². The Morgan fingerprint density at radius 1 is 1.48 bits per heavy atom. The summed E-state index contributed by atoms with van der Waals surface area (Å²) >= 11 is 0. The van der Waals surface area contributed by atoms with Crippen LogP contribution in [0, 0.1) is 10.1 Å². The molecule has 25 heavy (non-hydrogen) atoms. The van der Waals surface area contributed by atoms with Crippen LogP contribution in [0.3, 0.4) is 0 Å². The standard InChI is InChI=1S/C15H21N7O3/c1-3-6-9-13(22(24)25)12(19-18-9)15(23)16-10-7-5-8-21-14(10)17-11(4-2)20-21/h10H,3-8H2,1-2H3,(H,16,23)(H,18,19). The Hall–Kier alpha value is -2.78. The first-order valence-electron chi connectivity index (χ1n) is 8.51. The molecule has 0 saturated carbocycles. The van der Waals surface area contributed by atoms with Gasteiger partial charge >= 0.3 is 5.69 Å². The zero-order chi connectivity index (χ0) is 18.0. The summed E-state index contributed by atoms with van der Waals surface area (Å²) < 4.78 is 1.80. The number of nitro groups is 1. The van der Waals surface area contributed by atoms with Crippen molar-refractivity contribution in [1.29, 1.82) is 0 Å². The number of aromatic amines is 1. The van der Waals surface area contributed by atoms with Crippen LogP contribution in [0.25, 0.3) is 0 Å². The van der Waals surface area contributed by atoms with Crippen molar-refractivity contribution in [3.63, 3.8) is 0 Å². The van der Waals surface area contributed by atoms with E-state index in [0.29, 0.717) is 30.8 Å². The Morgan fingerprint density at radius 2 is 2.28 bits per heavy atom. The molecule has 2 N–H and O–H groups in total. The van der Waals surface area contributed by atoms with Crippen LogP contribution in [-0.2, 0) is 19.4 Å². The molecule has 1 atom stereocenters. The van der Waals surface area contributed by atoms with Crippen molar-refractivity contribution in [3.8, 4) is 0 Å². The summed E-state index contributed by atoms with van der Waals surface area (Å²) in [5, 5.41) is 25.1. The van der Waals surface area contributed by atoms with Crippen LogP contribution in [0.2, 0.25) is 0 Å². The number of carbonyl (C=O) groups is 1. The smallest absolute Gasteiger partial charge is 0.322 e. The molecule has 0 fully saturated rings. The van der Waals surface area contributed by atoms with Gasteiger partial charge in [0.1, 0.15) is 11.5 Å². The van der Waals surface area contributed by atoms with E-state index in [0.717, 1.165) is 25.2 Å². The summed E-state index contributed by atoms with van der Waals surface area (Å²) in [6.45, 7) is 4.64. The molecule has 1 unspecified atom stereocenters. The maximum atomic E-state index is 12.6. The second kappa shape index (κ2) is 6.99. The van der Waals surface area contributed by atoms with Gasteiger partial charge in [0.15, 0.2) is 5.82 Å². The van der Waals surface area contributed by atoms with Crippen molar-refractivity contribution < 1.29 is 9.72 Å². The van der Waals surface area contributed by atoms with Crippen LogP contribution in [0.1, 0.15) is 67.0 Å². The number of rotatable bonds is 6. The lowest BCUT2D eigenvalue weighted by Gasteiger charge is -2.22. The number of nitrogens with one attached hydrogen (secondary N) is 2. The molecule has 2 aromatic rings. The van der Waals surface area contributed by atoms with E-state index in [4.69, 9.17) is 0 Å². The Kier molecular flexibility index (Phi) is 4.77.